The first-order valence-corrected chi connectivity index (χ1v) is 11.0. The van der Waals surface area contributed by atoms with Crippen molar-refractivity contribution in [2.75, 3.05) is 11.1 Å². The van der Waals surface area contributed by atoms with E-state index in [1.54, 1.807) is 18.2 Å². The maximum atomic E-state index is 14.3. The van der Waals surface area contributed by atoms with E-state index in [4.69, 9.17) is 0 Å². The highest BCUT2D eigenvalue weighted by molar-refractivity contribution is 7.99. The van der Waals surface area contributed by atoms with Crippen molar-refractivity contribution < 1.29 is 9.18 Å². The summed E-state index contributed by atoms with van der Waals surface area (Å²) in [5, 5.41) is 12.1. The molecule has 7 heteroatoms. The molecule has 0 aliphatic carbocycles. The number of hydrogen-bond donors (Lipinski definition) is 1. The van der Waals surface area contributed by atoms with E-state index >= 15 is 0 Å². The number of nitrogens with zero attached hydrogens (tertiary/aromatic N) is 3. The Morgan fingerprint density at radius 3 is 2.47 bits per heavy atom. The third kappa shape index (κ3) is 5.27. The third-order valence-electron chi connectivity index (χ3n) is 4.57. The minimum absolute atomic E-state index is 0.111. The second-order valence-corrected chi connectivity index (χ2v) is 8.81. The van der Waals surface area contributed by atoms with E-state index in [9.17, 15) is 9.18 Å². The minimum Gasteiger partial charge on any atom is -0.325 e. The molecule has 0 bridgehead atoms. The molecule has 0 aliphatic rings. The summed E-state index contributed by atoms with van der Waals surface area (Å²) in [6.07, 6.45) is 0. The summed E-state index contributed by atoms with van der Waals surface area (Å²) >= 11 is 1.31. The summed E-state index contributed by atoms with van der Waals surface area (Å²) in [6.45, 7) is 8.98. The number of para-hydroxylation sites is 1. The van der Waals surface area contributed by atoms with Gasteiger partial charge in [-0.1, -0.05) is 69.8 Å². The molecule has 1 aromatic heterocycles. The van der Waals surface area contributed by atoms with E-state index in [2.05, 4.69) is 43.2 Å². The first-order chi connectivity index (χ1) is 14.4. The molecule has 1 amide bonds. The molecular formula is C23H27FN4OS. The van der Waals surface area contributed by atoms with Crippen LogP contribution in [-0.4, -0.2) is 26.4 Å². The lowest BCUT2D eigenvalue weighted by molar-refractivity contribution is -0.113. The van der Waals surface area contributed by atoms with Crippen molar-refractivity contribution in [2.24, 2.45) is 5.92 Å². The number of carbonyl (C=O) groups excluding carboxylic acids is 1. The fourth-order valence-electron chi connectivity index (χ4n) is 3.20. The second kappa shape index (κ2) is 9.89. The zero-order valence-corrected chi connectivity index (χ0v) is 18.5. The number of halogens is 1. The third-order valence-corrected chi connectivity index (χ3v) is 5.54. The van der Waals surface area contributed by atoms with Gasteiger partial charge in [-0.3, -0.25) is 4.79 Å². The van der Waals surface area contributed by atoms with Crippen LogP contribution in [0.2, 0.25) is 0 Å². The van der Waals surface area contributed by atoms with Gasteiger partial charge in [0.1, 0.15) is 5.82 Å². The second-order valence-electron chi connectivity index (χ2n) is 7.87. The number of amides is 1. The number of hydrogen-bond acceptors (Lipinski definition) is 4. The maximum Gasteiger partial charge on any atom is 0.234 e. The van der Waals surface area contributed by atoms with Crippen LogP contribution in [0.5, 0.6) is 0 Å². The number of rotatable bonds is 8. The molecule has 0 spiro atoms. The van der Waals surface area contributed by atoms with Crippen LogP contribution >= 0.6 is 11.8 Å². The molecule has 158 valence electrons. The molecule has 0 fully saturated rings. The Labute approximate surface area is 181 Å². The number of anilines is 1. The summed E-state index contributed by atoms with van der Waals surface area (Å²) in [6, 6.07) is 14.3. The van der Waals surface area contributed by atoms with Gasteiger partial charge in [-0.05, 0) is 35.6 Å². The molecule has 0 aliphatic heterocycles. The molecule has 0 saturated heterocycles. The molecule has 2 aromatic carbocycles. The fourth-order valence-corrected chi connectivity index (χ4v) is 3.95. The van der Waals surface area contributed by atoms with Crippen LogP contribution in [0.1, 0.15) is 39.2 Å². The van der Waals surface area contributed by atoms with Gasteiger partial charge >= 0.3 is 0 Å². The average Bonchev–Trinajstić information content (AvgIpc) is 3.08. The largest absolute Gasteiger partial charge is 0.325 e. The summed E-state index contributed by atoms with van der Waals surface area (Å²) < 4.78 is 16.2. The molecule has 1 N–H and O–H groups in total. The zero-order chi connectivity index (χ0) is 21.7. The standard InChI is InChI=1S/C23H27FN4OS/c1-15(2)13-28-22(18-10-5-7-11-19(18)24)26-27-23(28)30-14-21(29)25-20-12-8-6-9-17(20)16(3)4/h5-12,15-16H,13-14H2,1-4H3,(H,25,29). The highest BCUT2D eigenvalue weighted by Crippen LogP contribution is 2.28. The first-order valence-electron chi connectivity index (χ1n) is 10.1. The van der Waals surface area contributed by atoms with Gasteiger partial charge in [0.15, 0.2) is 11.0 Å². The Bertz CT molecular complexity index is 1020. The van der Waals surface area contributed by atoms with Crippen LogP contribution in [-0.2, 0) is 11.3 Å². The van der Waals surface area contributed by atoms with Gasteiger partial charge in [-0.25, -0.2) is 4.39 Å². The molecule has 0 saturated carbocycles. The molecular weight excluding hydrogens is 399 g/mol. The monoisotopic (exact) mass is 426 g/mol. The predicted molar refractivity (Wildman–Crippen MR) is 120 cm³/mol. The average molecular weight is 427 g/mol. The zero-order valence-electron chi connectivity index (χ0n) is 17.7. The number of thioether (sulfide) groups is 1. The lowest BCUT2D eigenvalue weighted by Gasteiger charge is -2.14. The Kier molecular flexibility index (Phi) is 7.26. The fraction of sp³-hybridized carbons (Fsp3) is 0.348. The summed E-state index contributed by atoms with van der Waals surface area (Å²) in [5.41, 5.74) is 2.34. The molecule has 3 aromatic rings. The van der Waals surface area contributed by atoms with Crippen LogP contribution in [0.4, 0.5) is 10.1 Å². The maximum absolute atomic E-state index is 14.3. The van der Waals surface area contributed by atoms with Crippen LogP contribution in [0.15, 0.2) is 53.7 Å². The molecule has 30 heavy (non-hydrogen) atoms. The van der Waals surface area contributed by atoms with Crippen molar-refractivity contribution >= 4 is 23.4 Å². The quantitative estimate of drug-likeness (QED) is 0.477. The molecule has 0 radical (unpaired) electrons. The van der Waals surface area contributed by atoms with Gasteiger partial charge in [0.25, 0.3) is 0 Å². The number of benzene rings is 2. The SMILES string of the molecule is CC(C)Cn1c(SCC(=O)Nc2ccccc2C(C)C)nnc1-c1ccccc1F. The van der Waals surface area contributed by atoms with E-state index in [-0.39, 0.29) is 17.5 Å². The summed E-state index contributed by atoms with van der Waals surface area (Å²) in [4.78, 5) is 12.6. The van der Waals surface area contributed by atoms with Crippen LogP contribution in [0.25, 0.3) is 11.4 Å². The Morgan fingerprint density at radius 2 is 1.77 bits per heavy atom. The highest BCUT2D eigenvalue weighted by atomic mass is 32.2. The Balaban J connectivity index is 1.77. The molecule has 3 rings (SSSR count). The highest BCUT2D eigenvalue weighted by Gasteiger charge is 2.19. The summed E-state index contributed by atoms with van der Waals surface area (Å²) in [5.74, 6) is 0.855. The molecule has 5 nitrogen and oxygen atoms in total. The number of nitrogens with one attached hydrogen (secondary N) is 1. The predicted octanol–water partition coefficient (Wildman–Crippen LogP) is 5.59. The van der Waals surface area contributed by atoms with Gasteiger partial charge < -0.3 is 9.88 Å². The van der Waals surface area contributed by atoms with Crippen LogP contribution in [0, 0.1) is 11.7 Å². The first kappa shape index (κ1) is 22.0. The Hall–Kier alpha value is -2.67. The van der Waals surface area contributed by atoms with Crippen molar-refractivity contribution in [1.29, 1.82) is 0 Å². The normalized spacial score (nSPS) is 11.3. The van der Waals surface area contributed by atoms with Gasteiger partial charge in [0.2, 0.25) is 5.91 Å². The molecule has 1 heterocycles. The van der Waals surface area contributed by atoms with Gasteiger partial charge in [-0.15, -0.1) is 10.2 Å². The van der Waals surface area contributed by atoms with E-state index in [0.717, 1.165) is 11.3 Å². The van der Waals surface area contributed by atoms with Gasteiger partial charge in [-0.2, -0.15) is 0 Å². The smallest absolute Gasteiger partial charge is 0.234 e. The lowest BCUT2D eigenvalue weighted by Crippen LogP contribution is -2.16. The topological polar surface area (TPSA) is 59.8 Å². The van der Waals surface area contributed by atoms with Crippen molar-refractivity contribution in [1.82, 2.24) is 14.8 Å². The van der Waals surface area contributed by atoms with E-state index in [0.29, 0.717) is 34.9 Å². The van der Waals surface area contributed by atoms with Crippen LogP contribution in [0.3, 0.4) is 0 Å². The molecule has 0 atom stereocenters. The van der Waals surface area contributed by atoms with Gasteiger partial charge in [0, 0.05) is 12.2 Å². The van der Waals surface area contributed by atoms with E-state index in [1.807, 2.05) is 28.8 Å². The van der Waals surface area contributed by atoms with Gasteiger partial charge in [0.05, 0.1) is 11.3 Å². The molecule has 0 unspecified atom stereocenters. The number of aromatic nitrogens is 3. The van der Waals surface area contributed by atoms with Crippen molar-refractivity contribution in [3.05, 3.63) is 59.9 Å². The van der Waals surface area contributed by atoms with E-state index in [1.165, 1.54) is 17.8 Å². The van der Waals surface area contributed by atoms with Crippen molar-refractivity contribution in [2.45, 2.75) is 45.3 Å². The number of carbonyl (C=O) groups is 1. The van der Waals surface area contributed by atoms with E-state index < -0.39 is 0 Å². The lowest BCUT2D eigenvalue weighted by atomic mass is 10.0. The Morgan fingerprint density at radius 1 is 1.07 bits per heavy atom. The van der Waals surface area contributed by atoms with Crippen molar-refractivity contribution in [3.63, 3.8) is 0 Å². The minimum atomic E-state index is -0.338. The van der Waals surface area contributed by atoms with Crippen LogP contribution < -0.4 is 5.32 Å². The van der Waals surface area contributed by atoms with Crippen molar-refractivity contribution in [3.8, 4) is 11.4 Å². The summed E-state index contributed by atoms with van der Waals surface area (Å²) in [7, 11) is 0.